The lowest BCUT2D eigenvalue weighted by Gasteiger charge is -2.38. The monoisotopic (exact) mass is 240 g/mol. The summed E-state index contributed by atoms with van der Waals surface area (Å²) in [5.74, 6) is 0. The average Bonchev–Trinajstić information content (AvgIpc) is 2.30. The van der Waals surface area contributed by atoms with Gasteiger partial charge < -0.3 is 15.4 Å². The Labute approximate surface area is 106 Å². The molecule has 1 aliphatic heterocycles. The summed E-state index contributed by atoms with van der Waals surface area (Å²) in [5, 5.41) is 0. The molecule has 3 nitrogen and oxygen atoms in total. The lowest BCUT2D eigenvalue weighted by molar-refractivity contribution is -0.00536. The second-order valence-electron chi connectivity index (χ2n) is 6.11. The van der Waals surface area contributed by atoms with Gasteiger partial charge in [0.1, 0.15) is 0 Å². The molecule has 2 rings (SSSR count). The van der Waals surface area contributed by atoms with Crippen LogP contribution in [0.1, 0.15) is 51.4 Å². The third-order valence-corrected chi connectivity index (χ3v) is 4.22. The van der Waals surface area contributed by atoms with Gasteiger partial charge in [-0.2, -0.15) is 0 Å². The minimum atomic E-state index is 0.0711. The number of likely N-dealkylation sites (N-methyl/N-ethyl adjacent to an activating group) is 1. The van der Waals surface area contributed by atoms with Crippen LogP contribution in [0.15, 0.2) is 0 Å². The van der Waals surface area contributed by atoms with Crippen molar-refractivity contribution in [1.29, 1.82) is 0 Å². The van der Waals surface area contributed by atoms with Gasteiger partial charge in [0.25, 0.3) is 0 Å². The first-order valence-electron chi connectivity index (χ1n) is 7.27. The number of rotatable bonds is 4. The lowest BCUT2D eigenvalue weighted by atomic mass is 9.82. The molecular weight excluding hydrogens is 212 g/mol. The van der Waals surface area contributed by atoms with E-state index in [1.165, 1.54) is 51.4 Å². The number of nitrogens with zero attached hydrogens (tertiary/aromatic N) is 1. The predicted octanol–water partition coefficient (Wildman–Crippen LogP) is 2.15. The second kappa shape index (κ2) is 6.17. The van der Waals surface area contributed by atoms with Gasteiger partial charge in [-0.1, -0.05) is 19.3 Å². The Morgan fingerprint density at radius 2 is 1.94 bits per heavy atom. The summed E-state index contributed by atoms with van der Waals surface area (Å²) >= 11 is 0. The van der Waals surface area contributed by atoms with Crippen molar-refractivity contribution in [3.63, 3.8) is 0 Å². The van der Waals surface area contributed by atoms with E-state index < -0.39 is 0 Å². The van der Waals surface area contributed by atoms with E-state index in [0.717, 1.165) is 19.7 Å². The first-order chi connectivity index (χ1) is 8.18. The number of hydrogen-bond acceptors (Lipinski definition) is 3. The van der Waals surface area contributed by atoms with Crippen LogP contribution in [0.3, 0.4) is 0 Å². The van der Waals surface area contributed by atoms with Crippen LogP contribution in [-0.4, -0.2) is 43.3 Å². The van der Waals surface area contributed by atoms with Crippen LogP contribution in [0.4, 0.5) is 0 Å². The van der Waals surface area contributed by atoms with E-state index in [2.05, 4.69) is 11.9 Å². The van der Waals surface area contributed by atoms with Crippen molar-refractivity contribution < 1.29 is 4.74 Å². The van der Waals surface area contributed by atoms with Crippen molar-refractivity contribution in [2.75, 3.05) is 26.7 Å². The molecule has 2 fully saturated rings. The lowest BCUT2D eigenvalue weighted by Crippen LogP contribution is -2.51. The summed E-state index contributed by atoms with van der Waals surface area (Å²) < 4.78 is 5.79. The third-order valence-electron chi connectivity index (χ3n) is 4.22. The molecule has 1 saturated carbocycles. The average molecular weight is 240 g/mol. The highest BCUT2D eigenvalue weighted by atomic mass is 16.5. The molecule has 100 valence electrons. The van der Waals surface area contributed by atoms with Crippen LogP contribution >= 0.6 is 0 Å². The highest BCUT2D eigenvalue weighted by Gasteiger charge is 2.29. The normalized spacial score (nSPS) is 29.5. The van der Waals surface area contributed by atoms with Gasteiger partial charge >= 0.3 is 0 Å². The molecule has 0 amide bonds. The van der Waals surface area contributed by atoms with Gasteiger partial charge in [-0.05, 0) is 39.2 Å². The van der Waals surface area contributed by atoms with Crippen molar-refractivity contribution in [2.45, 2.75) is 63.0 Å². The number of hydrogen-bond donors (Lipinski definition) is 1. The van der Waals surface area contributed by atoms with E-state index in [4.69, 9.17) is 10.5 Å². The summed E-state index contributed by atoms with van der Waals surface area (Å²) in [6.07, 6.45) is 10.6. The summed E-state index contributed by atoms with van der Waals surface area (Å²) in [5.41, 5.74) is 6.55. The van der Waals surface area contributed by atoms with Crippen molar-refractivity contribution in [3.8, 4) is 0 Å². The number of ether oxygens (including phenoxy) is 1. The topological polar surface area (TPSA) is 38.5 Å². The Kier molecular flexibility index (Phi) is 4.83. The molecule has 1 unspecified atom stereocenters. The standard InChI is InChI=1S/C14H28N2O/c1-16(11-13-7-3-6-10-17-13)12-14(15)8-4-2-5-9-14/h13H,2-12,15H2,1H3. The molecule has 1 aliphatic carbocycles. The van der Waals surface area contributed by atoms with Gasteiger partial charge in [-0.15, -0.1) is 0 Å². The molecule has 1 saturated heterocycles. The molecule has 0 radical (unpaired) electrons. The van der Waals surface area contributed by atoms with Crippen LogP contribution in [-0.2, 0) is 4.74 Å². The maximum absolute atomic E-state index is 6.48. The van der Waals surface area contributed by atoms with Gasteiger partial charge in [-0.3, -0.25) is 0 Å². The molecule has 1 atom stereocenters. The van der Waals surface area contributed by atoms with Gasteiger partial charge in [0.2, 0.25) is 0 Å². The molecular formula is C14H28N2O. The Balaban J connectivity index is 1.73. The zero-order valence-electron chi connectivity index (χ0n) is 11.3. The summed E-state index contributed by atoms with van der Waals surface area (Å²) in [6.45, 7) is 3.04. The van der Waals surface area contributed by atoms with Crippen LogP contribution in [0.2, 0.25) is 0 Å². The van der Waals surface area contributed by atoms with E-state index in [1.807, 2.05) is 0 Å². The van der Waals surface area contributed by atoms with Crippen LogP contribution < -0.4 is 5.73 Å². The van der Waals surface area contributed by atoms with Crippen LogP contribution in [0.5, 0.6) is 0 Å². The summed E-state index contributed by atoms with van der Waals surface area (Å²) in [4.78, 5) is 2.39. The van der Waals surface area contributed by atoms with Crippen molar-refractivity contribution in [2.24, 2.45) is 5.73 Å². The van der Waals surface area contributed by atoms with Crippen molar-refractivity contribution in [3.05, 3.63) is 0 Å². The number of nitrogens with two attached hydrogens (primary N) is 1. The fourth-order valence-corrected chi connectivity index (χ4v) is 3.32. The SMILES string of the molecule is CN(CC1CCCCO1)CC1(N)CCCCC1. The fraction of sp³-hybridized carbons (Fsp3) is 1.00. The van der Waals surface area contributed by atoms with Crippen molar-refractivity contribution >= 4 is 0 Å². The molecule has 0 bridgehead atoms. The van der Waals surface area contributed by atoms with E-state index >= 15 is 0 Å². The maximum atomic E-state index is 6.48. The Morgan fingerprint density at radius 3 is 2.59 bits per heavy atom. The smallest absolute Gasteiger partial charge is 0.0701 e. The van der Waals surface area contributed by atoms with Gasteiger partial charge in [0.05, 0.1) is 6.10 Å². The molecule has 1 heterocycles. The van der Waals surface area contributed by atoms with E-state index in [0.29, 0.717) is 6.10 Å². The maximum Gasteiger partial charge on any atom is 0.0701 e. The fourth-order valence-electron chi connectivity index (χ4n) is 3.32. The molecule has 0 spiro atoms. The van der Waals surface area contributed by atoms with Crippen LogP contribution in [0.25, 0.3) is 0 Å². The molecule has 0 aromatic heterocycles. The first-order valence-corrected chi connectivity index (χ1v) is 7.27. The summed E-state index contributed by atoms with van der Waals surface area (Å²) in [6, 6.07) is 0. The van der Waals surface area contributed by atoms with Gasteiger partial charge in [0.15, 0.2) is 0 Å². The van der Waals surface area contributed by atoms with E-state index in [1.54, 1.807) is 0 Å². The Bertz CT molecular complexity index is 220. The Hall–Kier alpha value is -0.120. The Morgan fingerprint density at radius 1 is 1.18 bits per heavy atom. The zero-order chi connectivity index (χ0) is 12.1. The van der Waals surface area contributed by atoms with Gasteiger partial charge in [-0.25, -0.2) is 0 Å². The molecule has 0 aromatic rings. The van der Waals surface area contributed by atoms with E-state index in [9.17, 15) is 0 Å². The van der Waals surface area contributed by atoms with Gasteiger partial charge in [0, 0.05) is 25.2 Å². The van der Waals surface area contributed by atoms with Crippen LogP contribution in [0, 0.1) is 0 Å². The van der Waals surface area contributed by atoms with Crippen molar-refractivity contribution in [1.82, 2.24) is 4.90 Å². The molecule has 2 aliphatic rings. The molecule has 17 heavy (non-hydrogen) atoms. The largest absolute Gasteiger partial charge is 0.377 e. The van der Waals surface area contributed by atoms with E-state index in [-0.39, 0.29) is 5.54 Å². The first kappa shape index (κ1) is 13.3. The minimum absolute atomic E-state index is 0.0711. The molecule has 3 heteroatoms. The third kappa shape index (κ3) is 4.23. The molecule has 0 aromatic carbocycles. The minimum Gasteiger partial charge on any atom is -0.377 e. The predicted molar refractivity (Wildman–Crippen MR) is 71.1 cm³/mol. The highest BCUT2D eigenvalue weighted by molar-refractivity contribution is 4.90. The molecule has 2 N–H and O–H groups in total. The zero-order valence-corrected chi connectivity index (χ0v) is 11.3. The highest BCUT2D eigenvalue weighted by Crippen LogP contribution is 2.26. The quantitative estimate of drug-likeness (QED) is 0.818. The summed E-state index contributed by atoms with van der Waals surface area (Å²) in [7, 11) is 2.20. The second-order valence-corrected chi connectivity index (χ2v) is 6.11.